The molecule has 0 radical (unpaired) electrons. The molecule has 1 atom stereocenters. The van der Waals surface area contributed by atoms with E-state index in [1.54, 1.807) is 12.2 Å². The number of nitrogens with one attached hydrogen (secondary N) is 1. The molecule has 0 spiro atoms. The van der Waals surface area contributed by atoms with E-state index in [0.29, 0.717) is 6.54 Å². The highest BCUT2D eigenvalue weighted by Gasteiger charge is 2.25. The first kappa shape index (κ1) is 37.6. The molecule has 0 bridgehead atoms. The Labute approximate surface area is 332 Å². The van der Waals surface area contributed by atoms with Gasteiger partial charge in [0, 0.05) is 63.0 Å². The molecule has 4 heteroatoms. The van der Waals surface area contributed by atoms with Crippen LogP contribution in [0.15, 0.2) is 137 Å². The van der Waals surface area contributed by atoms with E-state index in [-0.39, 0.29) is 5.92 Å². The average molecular weight is 733 g/mol. The van der Waals surface area contributed by atoms with E-state index in [0.717, 1.165) is 86.3 Å². The summed E-state index contributed by atoms with van der Waals surface area (Å²) in [6.07, 6.45) is 29.8. The summed E-state index contributed by atoms with van der Waals surface area (Å²) < 4.78 is 12.5. The maximum Gasteiger partial charge on any atom is 0.135 e. The first-order valence-electron chi connectivity index (χ1n) is 19.3. The van der Waals surface area contributed by atoms with Gasteiger partial charge in [0.25, 0.3) is 0 Å². The molecule has 1 aliphatic carbocycles. The van der Waals surface area contributed by atoms with Crippen LogP contribution in [-0.4, -0.2) is 6.54 Å². The van der Waals surface area contributed by atoms with Crippen molar-refractivity contribution in [3.8, 4) is 12.3 Å². The summed E-state index contributed by atoms with van der Waals surface area (Å²) in [6.45, 7) is 17.5. The molecule has 1 N–H and O–H groups in total. The van der Waals surface area contributed by atoms with Crippen molar-refractivity contribution in [1.29, 1.82) is 0 Å². The van der Waals surface area contributed by atoms with Gasteiger partial charge in [0.2, 0.25) is 0 Å². The van der Waals surface area contributed by atoms with Gasteiger partial charge in [-0.1, -0.05) is 105 Å². The molecule has 56 heavy (non-hydrogen) atoms. The number of hydrogen-bond acceptors (Lipinski definition) is 4. The van der Waals surface area contributed by atoms with E-state index in [1.165, 1.54) is 22.4 Å². The number of furan rings is 2. The number of nitrogens with zero attached hydrogens (tertiary/aromatic N) is 1. The van der Waals surface area contributed by atoms with Crippen molar-refractivity contribution in [3.63, 3.8) is 0 Å². The van der Waals surface area contributed by atoms with E-state index < -0.39 is 0 Å². The molecule has 0 fully saturated rings. The fraction of sp³-hybridized carbons (Fsp3) is 0.154. The van der Waals surface area contributed by atoms with Gasteiger partial charge >= 0.3 is 0 Å². The second kappa shape index (κ2) is 16.8. The van der Waals surface area contributed by atoms with Crippen molar-refractivity contribution >= 4 is 58.6 Å². The third-order valence-corrected chi connectivity index (χ3v) is 10.6. The van der Waals surface area contributed by atoms with Gasteiger partial charge in [-0.05, 0) is 117 Å². The normalized spacial score (nSPS) is 15.4. The number of allylic oxidation sites excluding steroid dienone is 7. The number of hydrogen-bond donors (Lipinski definition) is 1. The van der Waals surface area contributed by atoms with Gasteiger partial charge in [-0.25, -0.2) is 0 Å². The smallest absolute Gasteiger partial charge is 0.135 e. The molecule has 3 heterocycles. The number of benzene rings is 3. The Morgan fingerprint density at radius 1 is 0.875 bits per heavy atom. The lowest BCUT2D eigenvalue weighted by Gasteiger charge is -2.27. The van der Waals surface area contributed by atoms with Crippen molar-refractivity contribution in [1.82, 2.24) is 0 Å². The second-order valence-corrected chi connectivity index (χ2v) is 14.0. The van der Waals surface area contributed by atoms with Crippen LogP contribution < -0.4 is 10.2 Å². The summed E-state index contributed by atoms with van der Waals surface area (Å²) in [4.78, 5) is 2.34. The number of fused-ring (bicyclic) bond motifs is 2. The molecule has 3 aromatic carbocycles. The van der Waals surface area contributed by atoms with Gasteiger partial charge in [-0.15, -0.1) is 6.42 Å². The van der Waals surface area contributed by atoms with Crippen LogP contribution in [0.3, 0.4) is 0 Å². The molecule has 278 valence electrons. The van der Waals surface area contributed by atoms with Gasteiger partial charge in [-0.2, -0.15) is 0 Å². The molecule has 4 nitrogen and oxygen atoms in total. The molecule has 1 unspecified atom stereocenters. The van der Waals surface area contributed by atoms with Crippen molar-refractivity contribution < 1.29 is 8.83 Å². The standard InChI is InChI=1S/C52H48N2O2/c1-8-12-20-44-37(7)55-49(19-10-3)51(44)35(5)42-21-13-15-23-46(42)53-40-30-26-38(27-31-40)39-28-32-41(33-29-39)54-34-17-25-50-52(45(18-9-2)48(11-4)56-50)36(6)43-22-14-16-24-47(43)54/h1,9-26,28-30,32-33,35,53H,4,6,27,31,34H2,2-3,5,7H3/b18-9-,19-10-,20-12-,25-17-. The third-order valence-electron chi connectivity index (χ3n) is 10.6. The average Bonchev–Trinajstić information content (AvgIpc) is 3.75. The molecular weight excluding hydrogens is 685 g/mol. The maximum atomic E-state index is 6.28. The Hall–Kier alpha value is -6.70. The highest BCUT2D eigenvalue weighted by Crippen LogP contribution is 2.42. The van der Waals surface area contributed by atoms with Gasteiger partial charge in [0.15, 0.2) is 0 Å². The summed E-state index contributed by atoms with van der Waals surface area (Å²) in [5, 5.41) is 3.78. The molecule has 5 aromatic rings. The third kappa shape index (κ3) is 7.37. The zero-order valence-corrected chi connectivity index (χ0v) is 32.7. The van der Waals surface area contributed by atoms with Crippen molar-refractivity contribution in [2.45, 2.75) is 46.5 Å². The Bertz CT molecular complexity index is 2520. The minimum Gasteiger partial charge on any atom is -0.461 e. The van der Waals surface area contributed by atoms with Crippen LogP contribution in [0.2, 0.25) is 0 Å². The van der Waals surface area contributed by atoms with Crippen LogP contribution in [0, 0.1) is 19.3 Å². The van der Waals surface area contributed by atoms with Crippen molar-refractivity contribution in [2.24, 2.45) is 0 Å². The molecule has 0 amide bonds. The number of para-hydroxylation sites is 2. The van der Waals surface area contributed by atoms with Crippen LogP contribution in [0.5, 0.6) is 0 Å². The van der Waals surface area contributed by atoms with E-state index >= 15 is 0 Å². The highest BCUT2D eigenvalue weighted by molar-refractivity contribution is 5.94. The van der Waals surface area contributed by atoms with Crippen LogP contribution in [-0.2, 0) is 0 Å². The summed E-state index contributed by atoms with van der Waals surface area (Å²) in [7, 11) is 0. The lowest BCUT2D eigenvalue weighted by Crippen LogP contribution is -2.18. The quantitative estimate of drug-likeness (QED) is 0.145. The van der Waals surface area contributed by atoms with Crippen LogP contribution in [0.25, 0.3) is 41.5 Å². The van der Waals surface area contributed by atoms with Crippen LogP contribution >= 0.6 is 0 Å². The Balaban J connectivity index is 1.13. The monoisotopic (exact) mass is 732 g/mol. The lowest BCUT2D eigenvalue weighted by atomic mass is 9.88. The first-order chi connectivity index (χ1) is 27.4. The molecular formula is C52H48N2O2. The Morgan fingerprint density at radius 3 is 2.38 bits per heavy atom. The zero-order chi connectivity index (χ0) is 39.2. The minimum absolute atomic E-state index is 0.0650. The van der Waals surface area contributed by atoms with Gasteiger partial charge < -0.3 is 19.1 Å². The number of aryl methyl sites for hydroxylation is 1. The van der Waals surface area contributed by atoms with E-state index in [1.807, 2.05) is 45.1 Å². The summed E-state index contributed by atoms with van der Waals surface area (Å²) >= 11 is 0. The molecule has 2 aliphatic rings. The summed E-state index contributed by atoms with van der Waals surface area (Å²) in [6, 6.07) is 25.9. The largest absolute Gasteiger partial charge is 0.461 e. The summed E-state index contributed by atoms with van der Waals surface area (Å²) in [5.74, 6) is 5.96. The van der Waals surface area contributed by atoms with E-state index in [4.69, 9.17) is 15.3 Å². The molecule has 7 rings (SSSR count). The maximum absolute atomic E-state index is 6.28. The number of rotatable bonds is 10. The first-order valence-corrected chi connectivity index (χ1v) is 19.3. The second-order valence-electron chi connectivity index (χ2n) is 14.0. The topological polar surface area (TPSA) is 41.6 Å². The molecule has 2 aromatic heterocycles. The van der Waals surface area contributed by atoms with Gasteiger partial charge in [0.05, 0.1) is 0 Å². The number of terminal acetylenes is 1. The van der Waals surface area contributed by atoms with Gasteiger partial charge in [0.1, 0.15) is 23.0 Å². The van der Waals surface area contributed by atoms with Gasteiger partial charge in [-0.3, -0.25) is 0 Å². The van der Waals surface area contributed by atoms with E-state index in [2.05, 4.69) is 139 Å². The summed E-state index contributed by atoms with van der Waals surface area (Å²) in [5.41, 5.74) is 14.4. The lowest BCUT2D eigenvalue weighted by molar-refractivity contribution is 0.520. The predicted octanol–water partition coefficient (Wildman–Crippen LogP) is 14.1. The highest BCUT2D eigenvalue weighted by atomic mass is 16.3. The van der Waals surface area contributed by atoms with E-state index in [9.17, 15) is 0 Å². The van der Waals surface area contributed by atoms with Crippen LogP contribution in [0.4, 0.5) is 17.1 Å². The molecule has 0 saturated heterocycles. The molecule has 0 saturated carbocycles. The fourth-order valence-electron chi connectivity index (χ4n) is 7.91. The Kier molecular flexibility index (Phi) is 11.3. The Morgan fingerprint density at radius 2 is 1.64 bits per heavy atom. The van der Waals surface area contributed by atoms with Crippen molar-refractivity contribution in [3.05, 3.63) is 190 Å². The fourth-order valence-corrected chi connectivity index (χ4v) is 7.91. The zero-order valence-electron chi connectivity index (χ0n) is 32.7. The SMILES string of the molecule is C#C/C=C\c1c(C)oc(/C=C\C)c1C(C)c1ccccc1NC1=CC=C(c2ccc(N3C/C=C\c4oc(C=C)c(/C=C\C)c4C(=C)c4ccccc43)cc2)CC1. The minimum atomic E-state index is 0.0650. The number of anilines is 3. The van der Waals surface area contributed by atoms with Crippen molar-refractivity contribution in [2.75, 3.05) is 16.8 Å². The predicted molar refractivity (Wildman–Crippen MR) is 239 cm³/mol. The van der Waals surface area contributed by atoms with Crippen LogP contribution in [0.1, 0.15) is 102 Å². The molecule has 1 aliphatic heterocycles.